The van der Waals surface area contributed by atoms with Crippen LogP contribution in [0.3, 0.4) is 0 Å². The molecule has 3 rings (SSSR count). The van der Waals surface area contributed by atoms with Crippen molar-refractivity contribution in [2.75, 3.05) is 0 Å². The minimum atomic E-state index is 0.499. The van der Waals surface area contributed by atoms with Gasteiger partial charge in [-0.2, -0.15) is 0 Å². The van der Waals surface area contributed by atoms with Crippen molar-refractivity contribution < 1.29 is 0 Å². The first-order chi connectivity index (χ1) is 7.79. The van der Waals surface area contributed by atoms with Crippen molar-refractivity contribution in [2.24, 2.45) is 5.92 Å². The van der Waals surface area contributed by atoms with Gasteiger partial charge < -0.3 is 0 Å². The summed E-state index contributed by atoms with van der Waals surface area (Å²) in [5, 5.41) is 0. The highest BCUT2D eigenvalue weighted by Gasteiger charge is 2.29. The zero-order valence-electron chi connectivity index (χ0n) is 9.77. The van der Waals surface area contributed by atoms with E-state index in [1.807, 2.05) is 0 Å². The Morgan fingerprint density at radius 3 is 2.69 bits per heavy atom. The predicted molar refractivity (Wildman–Crippen MR) is 69.2 cm³/mol. The fourth-order valence-corrected chi connectivity index (χ4v) is 2.88. The van der Waals surface area contributed by atoms with Crippen LogP contribution in [0, 0.1) is 5.92 Å². The molecule has 1 atom stereocenters. The second-order valence-corrected chi connectivity index (χ2v) is 4.83. The van der Waals surface area contributed by atoms with Crippen LogP contribution in [0.4, 0.5) is 0 Å². The zero-order chi connectivity index (χ0) is 11.1. The Balaban J connectivity index is 2.26. The van der Waals surface area contributed by atoms with Gasteiger partial charge in [0.1, 0.15) is 0 Å². The first-order valence-corrected chi connectivity index (χ1v) is 5.97. The first-order valence-electron chi connectivity index (χ1n) is 5.97. The predicted octanol–water partition coefficient (Wildman–Crippen LogP) is 4.32. The average Bonchev–Trinajstić information content (AvgIpc) is 2.63. The number of hydrogen-bond donors (Lipinski definition) is 0. The van der Waals surface area contributed by atoms with Crippen LogP contribution in [0.1, 0.15) is 30.9 Å². The third kappa shape index (κ3) is 1.23. The Labute approximate surface area is 97.0 Å². The van der Waals surface area contributed by atoms with E-state index < -0.39 is 0 Å². The van der Waals surface area contributed by atoms with Crippen molar-refractivity contribution in [3.05, 3.63) is 65.3 Å². The molecule has 0 nitrogen and oxygen atoms in total. The van der Waals surface area contributed by atoms with E-state index in [1.165, 1.54) is 22.3 Å². The normalized spacial score (nSPS) is 21.6. The maximum absolute atomic E-state index is 2.31. The van der Waals surface area contributed by atoms with Crippen molar-refractivity contribution in [3.8, 4) is 0 Å². The van der Waals surface area contributed by atoms with Crippen molar-refractivity contribution in [1.29, 1.82) is 0 Å². The summed E-state index contributed by atoms with van der Waals surface area (Å²) < 4.78 is 0. The lowest BCUT2D eigenvalue weighted by Gasteiger charge is -2.13. The van der Waals surface area contributed by atoms with E-state index >= 15 is 0 Å². The van der Waals surface area contributed by atoms with E-state index in [0.717, 1.165) is 0 Å². The van der Waals surface area contributed by atoms with Crippen LogP contribution in [-0.2, 0) is 0 Å². The van der Waals surface area contributed by atoms with Crippen LogP contribution in [0.2, 0.25) is 0 Å². The van der Waals surface area contributed by atoms with Gasteiger partial charge in [0.05, 0.1) is 0 Å². The highest BCUT2D eigenvalue weighted by Crippen LogP contribution is 2.47. The Hall–Kier alpha value is -1.56. The number of fused-ring (bicyclic) bond motifs is 3. The molecule has 80 valence electrons. The van der Waals surface area contributed by atoms with Crippen LogP contribution in [-0.4, -0.2) is 0 Å². The van der Waals surface area contributed by atoms with Gasteiger partial charge in [0, 0.05) is 5.92 Å². The number of allylic oxidation sites excluding steroid dienone is 6. The standard InChI is InChI=1S/C16H16/c1-11(2)16-14-9-5-3-7-12(14)13-8-4-6-10-15(13)16/h3-12H,1-2H3. The fourth-order valence-electron chi connectivity index (χ4n) is 2.88. The van der Waals surface area contributed by atoms with E-state index in [2.05, 4.69) is 62.4 Å². The lowest BCUT2D eigenvalue weighted by molar-refractivity contribution is 0.852. The van der Waals surface area contributed by atoms with Crippen LogP contribution in [0.15, 0.2) is 54.1 Å². The quantitative estimate of drug-likeness (QED) is 0.644. The maximum atomic E-state index is 2.31. The topological polar surface area (TPSA) is 0 Å². The number of rotatable bonds is 1. The molecule has 0 aromatic heterocycles. The molecular weight excluding hydrogens is 192 g/mol. The average molecular weight is 208 g/mol. The lowest BCUT2D eigenvalue weighted by atomic mass is 9.91. The van der Waals surface area contributed by atoms with Gasteiger partial charge in [-0.05, 0) is 28.2 Å². The summed E-state index contributed by atoms with van der Waals surface area (Å²) in [4.78, 5) is 0. The van der Waals surface area contributed by atoms with Gasteiger partial charge >= 0.3 is 0 Å². The molecular formula is C16H16. The zero-order valence-corrected chi connectivity index (χ0v) is 9.77. The molecule has 0 saturated carbocycles. The van der Waals surface area contributed by atoms with E-state index in [9.17, 15) is 0 Å². The van der Waals surface area contributed by atoms with E-state index in [-0.39, 0.29) is 0 Å². The second kappa shape index (κ2) is 3.48. The molecule has 1 aromatic rings. The molecule has 1 unspecified atom stereocenters. The number of hydrogen-bond acceptors (Lipinski definition) is 0. The minimum Gasteiger partial charge on any atom is -0.0726 e. The third-order valence-corrected chi connectivity index (χ3v) is 3.50. The van der Waals surface area contributed by atoms with Crippen LogP contribution in [0.5, 0.6) is 0 Å². The smallest absolute Gasteiger partial charge is 0.0281 e. The molecule has 2 aliphatic rings. The summed E-state index contributed by atoms with van der Waals surface area (Å²) in [6.07, 6.45) is 8.90. The van der Waals surface area contributed by atoms with E-state index in [4.69, 9.17) is 0 Å². The second-order valence-electron chi connectivity index (χ2n) is 4.83. The molecule has 0 radical (unpaired) electrons. The van der Waals surface area contributed by atoms with Crippen molar-refractivity contribution in [2.45, 2.75) is 19.8 Å². The molecule has 0 heteroatoms. The number of benzene rings is 1. The van der Waals surface area contributed by atoms with Gasteiger partial charge in [0.15, 0.2) is 0 Å². The van der Waals surface area contributed by atoms with Crippen molar-refractivity contribution in [3.63, 3.8) is 0 Å². The minimum absolute atomic E-state index is 0.499. The van der Waals surface area contributed by atoms with Gasteiger partial charge in [-0.3, -0.25) is 0 Å². The molecule has 0 aliphatic heterocycles. The van der Waals surface area contributed by atoms with E-state index in [0.29, 0.717) is 11.8 Å². The molecule has 0 amide bonds. The monoisotopic (exact) mass is 208 g/mol. The molecule has 0 bridgehead atoms. The Morgan fingerprint density at radius 2 is 1.88 bits per heavy atom. The van der Waals surface area contributed by atoms with Gasteiger partial charge in [0.2, 0.25) is 0 Å². The summed E-state index contributed by atoms with van der Waals surface area (Å²) in [6, 6.07) is 8.81. The largest absolute Gasteiger partial charge is 0.0726 e. The van der Waals surface area contributed by atoms with Gasteiger partial charge in [-0.25, -0.2) is 0 Å². The molecule has 1 aromatic carbocycles. The third-order valence-electron chi connectivity index (χ3n) is 3.50. The highest BCUT2D eigenvalue weighted by atomic mass is 14.3. The molecule has 16 heavy (non-hydrogen) atoms. The Bertz CT molecular complexity index is 513. The van der Waals surface area contributed by atoms with E-state index in [1.54, 1.807) is 0 Å². The van der Waals surface area contributed by atoms with Crippen molar-refractivity contribution >= 4 is 5.57 Å². The summed E-state index contributed by atoms with van der Waals surface area (Å²) in [5.41, 5.74) is 5.95. The summed E-state index contributed by atoms with van der Waals surface area (Å²) in [6.45, 7) is 4.57. The molecule has 2 aliphatic carbocycles. The molecule has 0 saturated heterocycles. The maximum Gasteiger partial charge on any atom is 0.0281 e. The van der Waals surface area contributed by atoms with Crippen LogP contribution < -0.4 is 0 Å². The lowest BCUT2D eigenvalue weighted by Crippen LogP contribution is -1.96. The fraction of sp³-hybridized carbons (Fsp3) is 0.250. The van der Waals surface area contributed by atoms with Crippen LogP contribution in [0.25, 0.3) is 5.57 Å². The summed E-state index contributed by atoms with van der Waals surface area (Å²) in [7, 11) is 0. The summed E-state index contributed by atoms with van der Waals surface area (Å²) in [5.74, 6) is 1.09. The van der Waals surface area contributed by atoms with Gasteiger partial charge in [-0.1, -0.05) is 62.4 Å². The van der Waals surface area contributed by atoms with Gasteiger partial charge in [0.25, 0.3) is 0 Å². The van der Waals surface area contributed by atoms with Crippen LogP contribution >= 0.6 is 0 Å². The molecule has 0 spiro atoms. The Kier molecular flexibility index (Phi) is 2.10. The van der Waals surface area contributed by atoms with Crippen molar-refractivity contribution in [1.82, 2.24) is 0 Å². The SMILES string of the molecule is CC(C)C1=C2C=CC=CC2c2ccccc21. The molecule has 0 N–H and O–H groups in total. The summed E-state index contributed by atoms with van der Waals surface area (Å²) >= 11 is 0. The van der Waals surface area contributed by atoms with Gasteiger partial charge in [-0.15, -0.1) is 0 Å². The first kappa shape index (κ1) is 9.65. The molecule has 0 heterocycles. The highest BCUT2D eigenvalue weighted by molar-refractivity contribution is 5.82. The molecule has 0 fully saturated rings. The Morgan fingerprint density at radius 1 is 1.06 bits per heavy atom.